The molecular weight excluding hydrogens is 254 g/mol. The van der Waals surface area contributed by atoms with Gasteiger partial charge in [0.25, 0.3) is 5.69 Å². The van der Waals surface area contributed by atoms with Gasteiger partial charge in [-0.1, -0.05) is 12.1 Å². The molecule has 2 aromatic carbocycles. The van der Waals surface area contributed by atoms with E-state index in [2.05, 4.69) is 29.6 Å². The fraction of sp³-hybridized carbons (Fsp3) is 0.200. The smallest absolute Gasteiger partial charge is 0.269 e. The Morgan fingerprint density at radius 3 is 2.15 bits per heavy atom. The Kier molecular flexibility index (Phi) is 4.20. The monoisotopic (exact) mass is 271 g/mol. The van der Waals surface area contributed by atoms with Gasteiger partial charge in [-0.3, -0.25) is 10.1 Å². The molecule has 0 saturated heterocycles. The fourth-order valence-electron chi connectivity index (χ4n) is 1.82. The molecule has 0 saturated carbocycles. The van der Waals surface area contributed by atoms with E-state index in [-0.39, 0.29) is 5.69 Å². The van der Waals surface area contributed by atoms with Crippen LogP contribution in [0.15, 0.2) is 48.5 Å². The zero-order chi connectivity index (χ0) is 14.5. The van der Waals surface area contributed by atoms with Gasteiger partial charge in [0.1, 0.15) is 0 Å². The second-order valence-electron chi connectivity index (χ2n) is 4.72. The van der Waals surface area contributed by atoms with E-state index in [0.29, 0.717) is 6.54 Å². The first-order valence-corrected chi connectivity index (χ1v) is 6.31. The highest BCUT2D eigenvalue weighted by Gasteiger charge is 2.03. The lowest BCUT2D eigenvalue weighted by atomic mass is 10.2. The van der Waals surface area contributed by atoms with Gasteiger partial charge < -0.3 is 10.2 Å². The second kappa shape index (κ2) is 6.06. The predicted molar refractivity (Wildman–Crippen MR) is 81.2 cm³/mol. The Labute approximate surface area is 118 Å². The molecule has 2 aromatic rings. The number of anilines is 2. The molecule has 2 rings (SSSR count). The Balaban J connectivity index is 1.96. The molecule has 0 atom stereocenters. The van der Waals surface area contributed by atoms with Crippen LogP contribution in [-0.2, 0) is 6.54 Å². The summed E-state index contributed by atoms with van der Waals surface area (Å²) in [6.07, 6.45) is 0. The number of nitro benzene ring substituents is 1. The molecule has 104 valence electrons. The molecule has 0 bridgehead atoms. The summed E-state index contributed by atoms with van der Waals surface area (Å²) in [5, 5.41) is 13.8. The number of benzene rings is 2. The Morgan fingerprint density at radius 1 is 1.05 bits per heavy atom. The average Bonchev–Trinajstić information content (AvgIpc) is 2.46. The van der Waals surface area contributed by atoms with Crippen LogP contribution in [0.5, 0.6) is 0 Å². The minimum atomic E-state index is -0.399. The molecule has 0 aliphatic heterocycles. The second-order valence-corrected chi connectivity index (χ2v) is 4.72. The molecule has 0 heterocycles. The molecule has 0 amide bonds. The van der Waals surface area contributed by atoms with Gasteiger partial charge in [-0.2, -0.15) is 0 Å². The van der Waals surface area contributed by atoms with Gasteiger partial charge in [0.15, 0.2) is 0 Å². The molecule has 0 aromatic heterocycles. The third-order valence-corrected chi connectivity index (χ3v) is 3.03. The molecular formula is C15H17N3O2. The number of nitrogens with zero attached hydrogens (tertiary/aromatic N) is 2. The van der Waals surface area contributed by atoms with Crippen molar-refractivity contribution in [2.75, 3.05) is 24.3 Å². The van der Waals surface area contributed by atoms with Crippen LogP contribution in [0.4, 0.5) is 17.1 Å². The van der Waals surface area contributed by atoms with Crippen molar-refractivity contribution in [2.24, 2.45) is 0 Å². The molecule has 5 nitrogen and oxygen atoms in total. The first-order chi connectivity index (χ1) is 9.56. The Hall–Kier alpha value is -2.56. The van der Waals surface area contributed by atoms with Gasteiger partial charge in [0, 0.05) is 44.1 Å². The van der Waals surface area contributed by atoms with Crippen molar-refractivity contribution in [3.05, 3.63) is 64.2 Å². The maximum absolute atomic E-state index is 10.6. The van der Waals surface area contributed by atoms with Crippen molar-refractivity contribution in [2.45, 2.75) is 6.54 Å². The van der Waals surface area contributed by atoms with E-state index in [0.717, 1.165) is 16.9 Å². The highest BCUT2D eigenvalue weighted by atomic mass is 16.6. The van der Waals surface area contributed by atoms with E-state index in [9.17, 15) is 10.1 Å². The molecule has 0 radical (unpaired) electrons. The first-order valence-electron chi connectivity index (χ1n) is 6.31. The molecule has 0 fully saturated rings. The van der Waals surface area contributed by atoms with E-state index in [1.165, 1.54) is 12.1 Å². The van der Waals surface area contributed by atoms with Crippen molar-refractivity contribution >= 4 is 17.1 Å². The number of hydrogen-bond donors (Lipinski definition) is 1. The van der Waals surface area contributed by atoms with Crippen molar-refractivity contribution in [3.8, 4) is 0 Å². The minimum Gasteiger partial charge on any atom is -0.381 e. The van der Waals surface area contributed by atoms with E-state index < -0.39 is 4.92 Å². The Morgan fingerprint density at radius 2 is 1.65 bits per heavy atom. The van der Waals surface area contributed by atoms with Crippen LogP contribution in [0.3, 0.4) is 0 Å². The van der Waals surface area contributed by atoms with Gasteiger partial charge in [-0.25, -0.2) is 0 Å². The third-order valence-electron chi connectivity index (χ3n) is 3.03. The number of hydrogen-bond acceptors (Lipinski definition) is 4. The van der Waals surface area contributed by atoms with Gasteiger partial charge in [0.2, 0.25) is 0 Å². The van der Waals surface area contributed by atoms with E-state index in [1.54, 1.807) is 12.1 Å². The standard InChI is InChI=1S/C15H17N3O2/c1-17(2)14-7-3-12(4-8-14)11-16-13-5-9-15(10-6-13)18(19)20/h3-10,16H,11H2,1-2H3. The quantitative estimate of drug-likeness (QED) is 0.669. The lowest BCUT2D eigenvalue weighted by molar-refractivity contribution is -0.384. The summed E-state index contributed by atoms with van der Waals surface area (Å²) >= 11 is 0. The maximum atomic E-state index is 10.6. The molecule has 5 heteroatoms. The van der Waals surface area contributed by atoms with Crippen LogP contribution in [0.1, 0.15) is 5.56 Å². The van der Waals surface area contributed by atoms with Gasteiger partial charge >= 0.3 is 0 Å². The number of non-ortho nitro benzene ring substituents is 1. The van der Waals surface area contributed by atoms with Crippen molar-refractivity contribution in [1.29, 1.82) is 0 Å². The van der Waals surface area contributed by atoms with Crippen molar-refractivity contribution in [1.82, 2.24) is 0 Å². The summed E-state index contributed by atoms with van der Waals surface area (Å²) < 4.78 is 0. The summed E-state index contributed by atoms with van der Waals surface area (Å²) in [7, 11) is 4.01. The lowest BCUT2D eigenvalue weighted by Crippen LogP contribution is -2.08. The summed E-state index contributed by atoms with van der Waals surface area (Å²) in [6.45, 7) is 0.686. The zero-order valence-electron chi connectivity index (χ0n) is 11.5. The lowest BCUT2D eigenvalue weighted by Gasteiger charge is -2.13. The molecule has 1 N–H and O–H groups in total. The van der Waals surface area contributed by atoms with Crippen LogP contribution in [0, 0.1) is 10.1 Å². The zero-order valence-corrected chi connectivity index (χ0v) is 11.5. The number of rotatable bonds is 5. The predicted octanol–water partition coefficient (Wildman–Crippen LogP) is 3.27. The minimum absolute atomic E-state index is 0.103. The third kappa shape index (κ3) is 3.47. The molecule has 0 spiro atoms. The fourth-order valence-corrected chi connectivity index (χ4v) is 1.82. The average molecular weight is 271 g/mol. The summed E-state index contributed by atoms with van der Waals surface area (Å²) in [5.74, 6) is 0. The first kappa shape index (κ1) is 13.9. The molecule has 0 unspecified atom stereocenters. The van der Waals surface area contributed by atoms with E-state index in [4.69, 9.17) is 0 Å². The van der Waals surface area contributed by atoms with Crippen LogP contribution in [0.25, 0.3) is 0 Å². The maximum Gasteiger partial charge on any atom is 0.269 e. The van der Waals surface area contributed by atoms with E-state index in [1.807, 2.05) is 19.0 Å². The normalized spacial score (nSPS) is 10.1. The number of nitro groups is 1. The van der Waals surface area contributed by atoms with Crippen molar-refractivity contribution in [3.63, 3.8) is 0 Å². The highest BCUT2D eigenvalue weighted by Crippen LogP contribution is 2.17. The van der Waals surface area contributed by atoms with Crippen LogP contribution < -0.4 is 10.2 Å². The van der Waals surface area contributed by atoms with Crippen molar-refractivity contribution < 1.29 is 4.92 Å². The SMILES string of the molecule is CN(C)c1ccc(CNc2ccc([N+](=O)[O-])cc2)cc1. The van der Waals surface area contributed by atoms with E-state index >= 15 is 0 Å². The number of nitrogens with one attached hydrogen (secondary N) is 1. The van der Waals surface area contributed by atoms with Gasteiger partial charge in [-0.15, -0.1) is 0 Å². The molecule has 20 heavy (non-hydrogen) atoms. The molecule has 0 aliphatic rings. The van der Waals surface area contributed by atoms with Crippen LogP contribution >= 0.6 is 0 Å². The van der Waals surface area contributed by atoms with Gasteiger partial charge in [0.05, 0.1) is 4.92 Å². The summed E-state index contributed by atoms with van der Waals surface area (Å²) in [4.78, 5) is 12.2. The summed E-state index contributed by atoms with van der Waals surface area (Å²) in [6, 6.07) is 14.7. The largest absolute Gasteiger partial charge is 0.381 e. The topological polar surface area (TPSA) is 58.4 Å². The summed E-state index contributed by atoms with van der Waals surface area (Å²) in [5.41, 5.74) is 3.29. The molecule has 0 aliphatic carbocycles. The van der Waals surface area contributed by atoms with Crippen LogP contribution in [0.2, 0.25) is 0 Å². The highest BCUT2D eigenvalue weighted by molar-refractivity contribution is 5.50. The van der Waals surface area contributed by atoms with Crippen LogP contribution in [-0.4, -0.2) is 19.0 Å². The van der Waals surface area contributed by atoms with Gasteiger partial charge in [-0.05, 0) is 29.8 Å². The Bertz CT molecular complexity index is 577.